The smallest absolute Gasteiger partial charge is 0.204 e. The van der Waals surface area contributed by atoms with E-state index in [-0.39, 0.29) is 11.1 Å². The zero-order valence-corrected chi connectivity index (χ0v) is 9.18. The molecule has 1 aromatic carbocycles. The highest BCUT2D eigenvalue weighted by atomic mass is 16.1. The molecule has 0 fully saturated rings. The molecule has 0 saturated carbocycles. The number of hydrogen-bond donors (Lipinski definition) is 1. The van der Waals surface area contributed by atoms with Gasteiger partial charge in [-0.2, -0.15) is 0 Å². The molecular weight excluding hydrogens is 200 g/mol. The normalized spacial score (nSPS) is 10.3. The van der Waals surface area contributed by atoms with Crippen molar-refractivity contribution in [2.45, 2.75) is 13.5 Å². The second kappa shape index (κ2) is 4.23. The van der Waals surface area contributed by atoms with Crippen molar-refractivity contribution in [3.63, 3.8) is 0 Å². The number of anilines is 1. The van der Waals surface area contributed by atoms with Crippen LogP contribution < -0.4 is 11.2 Å². The lowest BCUT2D eigenvalue weighted by molar-refractivity contribution is 0.791. The van der Waals surface area contributed by atoms with Gasteiger partial charge in [-0.1, -0.05) is 29.8 Å². The van der Waals surface area contributed by atoms with Crippen molar-refractivity contribution in [2.75, 3.05) is 5.73 Å². The quantitative estimate of drug-likeness (QED) is 0.828. The predicted molar refractivity (Wildman–Crippen MR) is 65.4 cm³/mol. The maximum absolute atomic E-state index is 11.1. The van der Waals surface area contributed by atoms with Crippen molar-refractivity contribution in [1.29, 1.82) is 0 Å². The topological polar surface area (TPSA) is 48.0 Å². The summed E-state index contributed by atoms with van der Waals surface area (Å²) in [4.78, 5) is 11.1. The summed E-state index contributed by atoms with van der Waals surface area (Å²) in [6, 6.07) is 9.78. The average Bonchev–Trinajstić information content (AvgIpc) is 2.27. The molecule has 0 spiro atoms. The zero-order chi connectivity index (χ0) is 11.5. The van der Waals surface area contributed by atoms with Crippen molar-refractivity contribution in [3.8, 4) is 0 Å². The molecule has 0 aliphatic carbocycles. The number of nitrogens with two attached hydrogens (primary N) is 1. The van der Waals surface area contributed by atoms with Crippen LogP contribution in [0.5, 0.6) is 0 Å². The highest BCUT2D eigenvalue weighted by Gasteiger charge is 1.97. The Labute approximate surface area is 94.1 Å². The van der Waals surface area contributed by atoms with E-state index in [1.165, 1.54) is 17.2 Å². The third kappa shape index (κ3) is 2.31. The number of benzene rings is 1. The number of nitrogen functional groups attached to an aromatic ring is 1. The van der Waals surface area contributed by atoms with Crippen molar-refractivity contribution in [2.24, 2.45) is 0 Å². The molecule has 2 N–H and O–H groups in total. The molecule has 0 aliphatic heterocycles. The summed E-state index contributed by atoms with van der Waals surface area (Å²) in [5.41, 5.74) is 8.15. The van der Waals surface area contributed by atoms with Crippen molar-refractivity contribution in [1.82, 2.24) is 4.57 Å². The Hall–Kier alpha value is -2.03. The van der Waals surface area contributed by atoms with Gasteiger partial charge in [-0.15, -0.1) is 0 Å². The largest absolute Gasteiger partial charge is 0.394 e. The van der Waals surface area contributed by atoms with Gasteiger partial charge in [-0.3, -0.25) is 4.79 Å². The summed E-state index contributed by atoms with van der Waals surface area (Å²) in [5, 5.41) is 0. The van der Waals surface area contributed by atoms with E-state index in [9.17, 15) is 4.79 Å². The standard InChI is InChI=1S/C13H14N2O/c1-10-2-4-11(5-3-10)8-15-7-6-13(16)12(14)9-15/h2-7,9H,8,14H2,1H3. The van der Waals surface area contributed by atoms with Gasteiger partial charge < -0.3 is 10.3 Å². The van der Waals surface area contributed by atoms with Crippen LogP contribution in [0.2, 0.25) is 0 Å². The molecule has 0 radical (unpaired) electrons. The summed E-state index contributed by atoms with van der Waals surface area (Å²) < 4.78 is 1.90. The Balaban J connectivity index is 2.23. The van der Waals surface area contributed by atoms with Crippen LogP contribution in [0.3, 0.4) is 0 Å². The van der Waals surface area contributed by atoms with Crippen molar-refractivity contribution < 1.29 is 0 Å². The first-order valence-electron chi connectivity index (χ1n) is 5.16. The minimum absolute atomic E-state index is 0.125. The van der Waals surface area contributed by atoms with Crippen LogP contribution >= 0.6 is 0 Å². The summed E-state index contributed by atoms with van der Waals surface area (Å²) in [6.45, 7) is 2.78. The van der Waals surface area contributed by atoms with Gasteiger partial charge in [0.1, 0.15) is 0 Å². The SMILES string of the molecule is Cc1ccc(Cn2ccc(=O)c(N)c2)cc1. The molecule has 0 saturated heterocycles. The highest BCUT2D eigenvalue weighted by molar-refractivity contribution is 5.34. The molecule has 0 amide bonds. The number of rotatable bonds is 2. The van der Waals surface area contributed by atoms with Gasteiger partial charge in [0, 0.05) is 25.0 Å². The molecule has 2 aromatic rings. The molecule has 1 heterocycles. The minimum atomic E-state index is -0.125. The van der Waals surface area contributed by atoms with Crippen molar-refractivity contribution >= 4 is 5.69 Å². The van der Waals surface area contributed by atoms with E-state index < -0.39 is 0 Å². The lowest BCUT2D eigenvalue weighted by Gasteiger charge is -2.07. The Morgan fingerprint density at radius 2 is 1.88 bits per heavy atom. The van der Waals surface area contributed by atoms with Gasteiger partial charge in [0.15, 0.2) is 0 Å². The Kier molecular flexibility index (Phi) is 2.77. The minimum Gasteiger partial charge on any atom is -0.394 e. The van der Waals surface area contributed by atoms with Crippen LogP contribution in [0, 0.1) is 6.92 Å². The molecule has 0 aliphatic rings. The molecule has 2 rings (SSSR count). The fourth-order valence-electron chi connectivity index (χ4n) is 1.55. The molecule has 0 atom stereocenters. The number of nitrogens with zero attached hydrogens (tertiary/aromatic N) is 1. The second-order valence-corrected chi connectivity index (χ2v) is 3.92. The molecule has 0 bridgehead atoms. The van der Waals surface area contributed by atoms with Gasteiger partial charge in [0.05, 0.1) is 5.69 Å². The summed E-state index contributed by atoms with van der Waals surface area (Å²) in [7, 11) is 0. The third-order valence-corrected chi connectivity index (χ3v) is 2.49. The first kappa shape index (κ1) is 10.5. The predicted octanol–water partition coefficient (Wildman–Crippen LogP) is 1.79. The van der Waals surface area contributed by atoms with Crippen LogP contribution in [0.4, 0.5) is 5.69 Å². The summed E-state index contributed by atoms with van der Waals surface area (Å²) in [6.07, 6.45) is 3.42. The average molecular weight is 214 g/mol. The number of pyridine rings is 1. The molecule has 3 nitrogen and oxygen atoms in total. The second-order valence-electron chi connectivity index (χ2n) is 3.92. The van der Waals surface area contributed by atoms with Gasteiger partial charge in [-0.25, -0.2) is 0 Å². The number of hydrogen-bond acceptors (Lipinski definition) is 2. The fraction of sp³-hybridized carbons (Fsp3) is 0.154. The summed E-state index contributed by atoms with van der Waals surface area (Å²) >= 11 is 0. The van der Waals surface area contributed by atoms with Crippen LogP contribution in [-0.4, -0.2) is 4.57 Å². The fourth-order valence-corrected chi connectivity index (χ4v) is 1.55. The maximum Gasteiger partial charge on any atom is 0.204 e. The monoisotopic (exact) mass is 214 g/mol. The van der Waals surface area contributed by atoms with E-state index in [0.717, 1.165) is 6.54 Å². The Morgan fingerprint density at radius 1 is 1.19 bits per heavy atom. The van der Waals surface area contributed by atoms with Crippen LogP contribution in [-0.2, 0) is 6.54 Å². The van der Waals surface area contributed by atoms with E-state index in [0.29, 0.717) is 0 Å². The molecule has 16 heavy (non-hydrogen) atoms. The molecular formula is C13H14N2O. The van der Waals surface area contributed by atoms with E-state index in [2.05, 4.69) is 31.2 Å². The molecule has 0 unspecified atom stereocenters. The molecule has 82 valence electrons. The van der Waals surface area contributed by atoms with Gasteiger partial charge in [0.25, 0.3) is 0 Å². The lowest BCUT2D eigenvalue weighted by atomic mass is 10.1. The first-order chi connectivity index (χ1) is 7.65. The molecule has 1 aromatic heterocycles. The van der Waals surface area contributed by atoms with Crippen LogP contribution in [0.1, 0.15) is 11.1 Å². The van der Waals surface area contributed by atoms with Crippen LogP contribution in [0.25, 0.3) is 0 Å². The van der Waals surface area contributed by atoms with Crippen molar-refractivity contribution in [3.05, 3.63) is 64.1 Å². The number of aromatic nitrogens is 1. The first-order valence-corrected chi connectivity index (χ1v) is 5.16. The van der Waals surface area contributed by atoms with Gasteiger partial charge in [-0.05, 0) is 12.5 Å². The van der Waals surface area contributed by atoms with Gasteiger partial charge >= 0.3 is 0 Å². The summed E-state index contributed by atoms with van der Waals surface area (Å²) in [5.74, 6) is 0. The maximum atomic E-state index is 11.1. The van der Waals surface area contributed by atoms with Crippen LogP contribution in [0.15, 0.2) is 47.5 Å². The molecule has 3 heteroatoms. The lowest BCUT2D eigenvalue weighted by Crippen LogP contribution is -2.11. The van der Waals surface area contributed by atoms with E-state index in [1.807, 2.05) is 4.57 Å². The van der Waals surface area contributed by atoms with Gasteiger partial charge in [0.2, 0.25) is 5.43 Å². The zero-order valence-electron chi connectivity index (χ0n) is 9.18. The number of aryl methyl sites for hydroxylation is 1. The third-order valence-electron chi connectivity index (χ3n) is 2.49. The van der Waals surface area contributed by atoms with E-state index in [4.69, 9.17) is 5.73 Å². The Morgan fingerprint density at radius 3 is 2.50 bits per heavy atom. The highest BCUT2D eigenvalue weighted by Crippen LogP contribution is 2.05. The Bertz CT molecular complexity index is 541. The van der Waals surface area contributed by atoms with E-state index in [1.54, 1.807) is 12.4 Å². The van der Waals surface area contributed by atoms with E-state index >= 15 is 0 Å².